The van der Waals surface area contributed by atoms with E-state index in [1.54, 1.807) is 6.92 Å². The molecule has 0 aliphatic carbocycles. The number of rotatable bonds is 5. The predicted molar refractivity (Wildman–Crippen MR) is 76.4 cm³/mol. The fraction of sp³-hybridized carbons (Fsp3) is 0.267. The average molecular weight is 287 g/mol. The number of imidazole rings is 1. The normalized spacial score (nSPS) is 13.2. The van der Waals surface area contributed by atoms with E-state index in [-0.39, 0.29) is 11.9 Å². The van der Waals surface area contributed by atoms with Gasteiger partial charge in [0.2, 0.25) is 0 Å². The number of esters is 1. The molecule has 2 atom stereocenters. The van der Waals surface area contributed by atoms with Gasteiger partial charge in [0.25, 0.3) is 5.91 Å². The second-order valence-corrected chi connectivity index (χ2v) is 4.64. The second-order valence-electron chi connectivity index (χ2n) is 4.64. The first-order chi connectivity index (χ1) is 10.1. The van der Waals surface area contributed by atoms with Gasteiger partial charge in [0, 0.05) is 0 Å². The summed E-state index contributed by atoms with van der Waals surface area (Å²) in [5, 5.41) is 2.84. The summed E-state index contributed by atoms with van der Waals surface area (Å²) in [6.45, 7) is 1.72. The number of ether oxygens (including phenoxy) is 1. The summed E-state index contributed by atoms with van der Waals surface area (Å²) in [5.74, 6) is -1.21. The Bertz CT molecular complexity index is 596. The average Bonchev–Trinajstić information content (AvgIpc) is 3.06. The van der Waals surface area contributed by atoms with Gasteiger partial charge in [-0.25, -0.2) is 4.98 Å². The fourth-order valence-electron chi connectivity index (χ4n) is 2.08. The number of nitrogens with one attached hydrogen (secondary N) is 2. The summed E-state index contributed by atoms with van der Waals surface area (Å²) < 4.78 is 4.78. The first-order valence-corrected chi connectivity index (χ1v) is 6.55. The van der Waals surface area contributed by atoms with Crippen LogP contribution in [0.25, 0.3) is 0 Å². The highest BCUT2D eigenvalue weighted by atomic mass is 16.5. The molecule has 1 heterocycles. The number of carbonyl (C=O) groups excluding carboxylic acids is 2. The zero-order chi connectivity index (χ0) is 15.2. The second kappa shape index (κ2) is 6.69. The molecule has 0 spiro atoms. The van der Waals surface area contributed by atoms with Crippen molar-refractivity contribution in [3.8, 4) is 0 Å². The van der Waals surface area contributed by atoms with Crippen molar-refractivity contribution in [3.63, 3.8) is 0 Å². The lowest BCUT2D eigenvalue weighted by Crippen LogP contribution is -2.36. The quantitative estimate of drug-likeness (QED) is 0.820. The van der Waals surface area contributed by atoms with Gasteiger partial charge in [-0.05, 0) is 12.5 Å². The molecule has 0 fully saturated rings. The van der Waals surface area contributed by atoms with Crippen LogP contribution in [0, 0.1) is 5.92 Å². The van der Waals surface area contributed by atoms with Crippen molar-refractivity contribution in [2.45, 2.75) is 13.0 Å². The van der Waals surface area contributed by atoms with Crippen molar-refractivity contribution in [3.05, 3.63) is 54.1 Å². The molecule has 0 bridgehead atoms. The molecule has 2 aromatic rings. The summed E-state index contributed by atoms with van der Waals surface area (Å²) in [4.78, 5) is 30.5. The van der Waals surface area contributed by atoms with Crippen LogP contribution in [0.1, 0.15) is 29.0 Å². The van der Waals surface area contributed by atoms with E-state index in [0.717, 1.165) is 5.56 Å². The number of hydrogen-bond donors (Lipinski definition) is 2. The van der Waals surface area contributed by atoms with Gasteiger partial charge in [0.15, 0.2) is 0 Å². The van der Waals surface area contributed by atoms with E-state index < -0.39 is 12.0 Å². The molecule has 1 amide bonds. The summed E-state index contributed by atoms with van der Waals surface area (Å²) >= 11 is 0. The minimum absolute atomic E-state index is 0.322. The number of aromatic nitrogens is 2. The van der Waals surface area contributed by atoms with Crippen molar-refractivity contribution >= 4 is 11.9 Å². The number of methoxy groups -OCH3 is 1. The highest BCUT2D eigenvalue weighted by molar-refractivity contribution is 5.92. The van der Waals surface area contributed by atoms with Crippen molar-refractivity contribution in [2.75, 3.05) is 7.11 Å². The van der Waals surface area contributed by atoms with Crippen LogP contribution >= 0.6 is 0 Å². The molecule has 0 saturated carbocycles. The number of H-pyrrole nitrogens is 1. The van der Waals surface area contributed by atoms with Crippen LogP contribution in [0.3, 0.4) is 0 Å². The molecule has 0 saturated heterocycles. The van der Waals surface area contributed by atoms with Crippen molar-refractivity contribution in [1.29, 1.82) is 0 Å². The molecule has 0 aliphatic rings. The number of aromatic amines is 1. The molecule has 1 aromatic carbocycles. The smallest absolute Gasteiger partial charge is 0.310 e. The van der Waals surface area contributed by atoms with Gasteiger partial charge in [-0.3, -0.25) is 9.59 Å². The Morgan fingerprint density at radius 3 is 2.57 bits per heavy atom. The van der Waals surface area contributed by atoms with E-state index in [4.69, 9.17) is 4.74 Å². The number of nitrogens with zero attached hydrogens (tertiary/aromatic N) is 1. The van der Waals surface area contributed by atoms with Crippen LogP contribution in [0.4, 0.5) is 0 Å². The van der Waals surface area contributed by atoms with Crippen molar-refractivity contribution in [1.82, 2.24) is 15.3 Å². The van der Waals surface area contributed by atoms with Crippen LogP contribution in [0.15, 0.2) is 42.9 Å². The largest absolute Gasteiger partial charge is 0.469 e. The Hall–Kier alpha value is -2.63. The minimum Gasteiger partial charge on any atom is -0.469 e. The molecule has 0 aliphatic heterocycles. The van der Waals surface area contributed by atoms with E-state index in [1.165, 1.54) is 19.6 Å². The molecule has 6 nitrogen and oxygen atoms in total. The monoisotopic (exact) mass is 287 g/mol. The molecule has 6 heteroatoms. The molecular formula is C15H17N3O3. The zero-order valence-electron chi connectivity index (χ0n) is 11.9. The minimum atomic E-state index is -0.510. The summed E-state index contributed by atoms with van der Waals surface area (Å²) in [5.41, 5.74) is 1.18. The predicted octanol–water partition coefficient (Wildman–Crippen LogP) is 1.69. The molecule has 1 aromatic heterocycles. The number of amides is 1. The third-order valence-corrected chi connectivity index (χ3v) is 3.26. The van der Waals surface area contributed by atoms with Gasteiger partial charge in [-0.15, -0.1) is 0 Å². The van der Waals surface area contributed by atoms with Gasteiger partial charge < -0.3 is 15.0 Å². The molecular weight excluding hydrogens is 270 g/mol. The van der Waals surface area contributed by atoms with Gasteiger partial charge >= 0.3 is 5.97 Å². The Labute approximate surface area is 122 Å². The first-order valence-electron chi connectivity index (χ1n) is 6.55. The van der Waals surface area contributed by atoms with Crippen molar-refractivity contribution in [2.24, 2.45) is 5.92 Å². The molecule has 0 unspecified atom stereocenters. The van der Waals surface area contributed by atoms with Gasteiger partial charge in [-0.2, -0.15) is 0 Å². The molecule has 2 N–H and O–H groups in total. The lowest BCUT2D eigenvalue weighted by atomic mass is 9.94. The number of carbonyl (C=O) groups is 2. The van der Waals surface area contributed by atoms with Gasteiger partial charge in [-0.1, -0.05) is 30.3 Å². The fourth-order valence-corrected chi connectivity index (χ4v) is 2.08. The van der Waals surface area contributed by atoms with Crippen molar-refractivity contribution < 1.29 is 14.3 Å². The Morgan fingerprint density at radius 2 is 2.00 bits per heavy atom. The van der Waals surface area contributed by atoms with E-state index in [1.807, 2.05) is 30.3 Å². The lowest BCUT2D eigenvalue weighted by molar-refractivity contribution is -0.145. The standard InChI is InChI=1S/C15H17N3O3/c1-10(15(20)21-2)13(11-6-4-3-5-7-11)18-14(19)12-8-16-9-17-12/h3-10,13H,1-2H3,(H,16,17)(H,18,19)/t10-,13+/m0/s1. The van der Waals surface area contributed by atoms with Gasteiger partial charge in [0.1, 0.15) is 5.69 Å². The van der Waals surface area contributed by atoms with Crippen LogP contribution in [-0.4, -0.2) is 29.0 Å². The highest BCUT2D eigenvalue weighted by Gasteiger charge is 2.28. The Morgan fingerprint density at radius 1 is 1.29 bits per heavy atom. The maximum atomic E-state index is 12.2. The maximum absolute atomic E-state index is 12.2. The van der Waals surface area contributed by atoms with Crippen LogP contribution < -0.4 is 5.32 Å². The molecule has 2 rings (SSSR count). The van der Waals surface area contributed by atoms with Gasteiger partial charge in [0.05, 0.1) is 31.6 Å². The van der Waals surface area contributed by atoms with E-state index in [2.05, 4.69) is 15.3 Å². The lowest BCUT2D eigenvalue weighted by Gasteiger charge is -2.23. The van der Waals surface area contributed by atoms with Crippen LogP contribution in [0.2, 0.25) is 0 Å². The summed E-state index contributed by atoms with van der Waals surface area (Å²) in [6, 6.07) is 8.83. The number of hydrogen-bond acceptors (Lipinski definition) is 4. The third-order valence-electron chi connectivity index (χ3n) is 3.26. The third kappa shape index (κ3) is 3.47. The first kappa shape index (κ1) is 14.8. The Balaban J connectivity index is 2.24. The van der Waals surface area contributed by atoms with E-state index in [0.29, 0.717) is 5.69 Å². The SMILES string of the molecule is COC(=O)[C@@H](C)[C@@H](NC(=O)c1cnc[nH]1)c1ccccc1. The summed E-state index contributed by atoms with van der Waals surface area (Å²) in [6.07, 6.45) is 2.86. The topological polar surface area (TPSA) is 84.1 Å². The number of benzene rings is 1. The van der Waals surface area contributed by atoms with Crippen LogP contribution in [-0.2, 0) is 9.53 Å². The van der Waals surface area contributed by atoms with E-state index >= 15 is 0 Å². The molecule has 110 valence electrons. The maximum Gasteiger partial charge on any atom is 0.310 e. The summed E-state index contributed by atoms with van der Waals surface area (Å²) in [7, 11) is 1.33. The highest BCUT2D eigenvalue weighted by Crippen LogP contribution is 2.23. The van der Waals surface area contributed by atoms with E-state index in [9.17, 15) is 9.59 Å². The van der Waals surface area contributed by atoms with Crippen LogP contribution in [0.5, 0.6) is 0 Å². The molecule has 0 radical (unpaired) electrons. The Kier molecular flexibility index (Phi) is 4.71. The zero-order valence-corrected chi connectivity index (χ0v) is 11.9. The molecule has 21 heavy (non-hydrogen) atoms.